The first-order chi connectivity index (χ1) is 11.2. The van der Waals surface area contributed by atoms with Crippen molar-refractivity contribution in [3.63, 3.8) is 0 Å². The number of rotatable bonds is 2. The number of fused-ring (bicyclic) bond motifs is 2. The molecule has 0 heterocycles. The zero-order chi connectivity index (χ0) is 15.8. The SMILES string of the molecule is CC1=CC=C(N(C)c2ccc3cc4ccccc4cc3c2)CC1. The Hall–Kier alpha value is -2.54. The lowest BCUT2D eigenvalue weighted by molar-refractivity contribution is 0.859. The van der Waals surface area contributed by atoms with Gasteiger partial charge in [-0.15, -0.1) is 0 Å². The van der Waals surface area contributed by atoms with Gasteiger partial charge in [-0.3, -0.25) is 0 Å². The van der Waals surface area contributed by atoms with Crippen molar-refractivity contribution in [2.45, 2.75) is 19.8 Å². The minimum Gasteiger partial charge on any atom is -0.348 e. The maximum absolute atomic E-state index is 2.32. The average molecular weight is 299 g/mol. The van der Waals surface area contributed by atoms with Gasteiger partial charge < -0.3 is 4.90 Å². The van der Waals surface area contributed by atoms with Crippen LogP contribution >= 0.6 is 0 Å². The van der Waals surface area contributed by atoms with E-state index in [4.69, 9.17) is 0 Å². The molecule has 0 unspecified atom stereocenters. The number of benzene rings is 3. The molecule has 0 saturated heterocycles. The Labute approximate surface area is 137 Å². The van der Waals surface area contributed by atoms with Crippen LogP contribution in [0.3, 0.4) is 0 Å². The van der Waals surface area contributed by atoms with E-state index in [1.807, 2.05) is 0 Å². The first-order valence-electron chi connectivity index (χ1n) is 8.23. The van der Waals surface area contributed by atoms with Gasteiger partial charge >= 0.3 is 0 Å². The highest BCUT2D eigenvalue weighted by Gasteiger charge is 2.10. The Morgan fingerprint density at radius 3 is 2.13 bits per heavy atom. The molecule has 1 heteroatoms. The lowest BCUT2D eigenvalue weighted by Gasteiger charge is -2.25. The van der Waals surface area contributed by atoms with Crippen molar-refractivity contribution in [2.24, 2.45) is 0 Å². The van der Waals surface area contributed by atoms with Crippen LogP contribution in [-0.4, -0.2) is 7.05 Å². The fraction of sp³-hybridized carbons (Fsp3) is 0.182. The number of nitrogens with zero attached hydrogens (tertiary/aromatic N) is 1. The molecule has 0 atom stereocenters. The highest BCUT2D eigenvalue weighted by molar-refractivity contribution is 5.99. The molecule has 1 nitrogen and oxygen atoms in total. The van der Waals surface area contributed by atoms with E-state index in [1.165, 1.54) is 38.5 Å². The van der Waals surface area contributed by atoms with Crippen molar-refractivity contribution in [1.82, 2.24) is 0 Å². The lowest BCUT2D eigenvalue weighted by atomic mass is 10.0. The summed E-state index contributed by atoms with van der Waals surface area (Å²) in [4.78, 5) is 2.32. The lowest BCUT2D eigenvalue weighted by Crippen LogP contribution is -2.17. The van der Waals surface area contributed by atoms with E-state index in [-0.39, 0.29) is 0 Å². The molecule has 114 valence electrons. The molecule has 1 aliphatic carbocycles. The van der Waals surface area contributed by atoms with Gasteiger partial charge in [0.05, 0.1) is 0 Å². The Morgan fingerprint density at radius 2 is 1.43 bits per heavy atom. The van der Waals surface area contributed by atoms with E-state index in [0.29, 0.717) is 0 Å². The van der Waals surface area contributed by atoms with Gasteiger partial charge in [-0.2, -0.15) is 0 Å². The topological polar surface area (TPSA) is 3.24 Å². The summed E-state index contributed by atoms with van der Waals surface area (Å²) in [6, 6.07) is 19.9. The Kier molecular flexibility index (Phi) is 3.42. The molecule has 0 N–H and O–H groups in total. The predicted octanol–water partition coefficient (Wildman–Crippen LogP) is 6.05. The summed E-state index contributed by atoms with van der Waals surface area (Å²) < 4.78 is 0. The molecule has 0 radical (unpaired) electrons. The third-order valence-corrected chi connectivity index (χ3v) is 4.84. The summed E-state index contributed by atoms with van der Waals surface area (Å²) in [6.07, 6.45) is 6.77. The first kappa shape index (κ1) is 14.1. The molecule has 23 heavy (non-hydrogen) atoms. The monoisotopic (exact) mass is 299 g/mol. The standard InChI is InChI=1S/C22H21N/c1-16-7-10-21(11-8-16)23(2)22-12-9-19-13-17-5-3-4-6-18(17)14-20(19)15-22/h3-7,9-10,12-15H,8,11H2,1-2H3. The zero-order valence-corrected chi connectivity index (χ0v) is 13.7. The summed E-state index contributed by atoms with van der Waals surface area (Å²) in [5.74, 6) is 0. The van der Waals surface area contributed by atoms with Gasteiger partial charge in [0.25, 0.3) is 0 Å². The average Bonchev–Trinajstić information content (AvgIpc) is 2.59. The number of allylic oxidation sites excluding steroid dienone is 4. The predicted molar refractivity (Wildman–Crippen MR) is 101 cm³/mol. The van der Waals surface area contributed by atoms with Crippen LogP contribution in [0.1, 0.15) is 19.8 Å². The highest BCUT2D eigenvalue weighted by Crippen LogP contribution is 2.30. The highest BCUT2D eigenvalue weighted by atomic mass is 15.1. The molecular formula is C22H21N. The quantitative estimate of drug-likeness (QED) is 0.520. The van der Waals surface area contributed by atoms with E-state index in [1.54, 1.807) is 0 Å². The number of hydrogen-bond donors (Lipinski definition) is 0. The van der Waals surface area contributed by atoms with Crippen LogP contribution in [0, 0.1) is 0 Å². The van der Waals surface area contributed by atoms with Gasteiger partial charge in [0.15, 0.2) is 0 Å². The first-order valence-corrected chi connectivity index (χ1v) is 8.23. The molecular weight excluding hydrogens is 278 g/mol. The van der Waals surface area contributed by atoms with Crippen molar-refractivity contribution in [1.29, 1.82) is 0 Å². The van der Waals surface area contributed by atoms with Crippen LogP contribution in [0.2, 0.25) is 0 Å². The van der Waals surface area contributed by atoms with Crippen LogP contribution in [0.25, 0.3) is 21.5 Å². The van der Waals surface area contributed by atoms with E-state index >= 15 is 0 Å². The van der Waals surface area contributed by atoms with Crippen LogP contribution in [0.4, 0.5) is 5.69 Å². The fourth-order valence-corrected chi connectivity index (χ4v) is 3.31. The molecule has 0 amide bonds. The van der Waals surface area contributed by atoms with E-state index in [0.717, 1.165) is 12.8 Å². The summed E-state index contributed by atoms with van der Waals surface area (Å²) in [7, 11) is 2.17. The van der Waals surface area contributed by atoms with Gasteiger partial charge in [-0.1, -0.05) is 42.0 Å². The summed E-state index contributed by atoms with van der Waals surface area (Å²) in [5, 5.41) is 5.21. The van der Waals surface area contributed by atoms with E-state index in [9.17, 15) is 0 Å². The molecule has 4 rings (SSSR count). The van der Waals surface area contributed by atoms with Crippen molar-refractivity contribution < 1.29 is 0 Å². The van der Waals surface area contributed by atoms with Crippen molar-refractivity contribution in [3.05, 3.63) is 78.0 Å². The van der Waals surface area contributed by atoms with Gasteiger partial charge in [-0.25, -0.2) is 0 Å². The Balaban J connectivity index is 1.77. The van der Waals surface area contributed by atoms with Gasteiger partial charge in [0.2, 0.25) is 0 Å². The molecule has 3 aromatic rings. The summed E-state index contributed by atoms with van der Waals surface area (Å²) in [5.41, 5.74) is 4.11. The molecule has 1 aliphatic rings. The second-order valence-corrected chi connectivity index (χ2v) is 6.46. The zero-order valence-electron chi connectivity index (χ0n) is 13.7. The Morgan fingerprint density at radius 1 is 0.739 bits per heavy atom. The second-order valence-electron chi connectivity index (χ2n) is 6.46. The number of anilines is 1. The van der Waals surface area contributed by atoms with Crippen LogP contribution in [0.15, 0.2) is 78.0 Å². The molecule has 0 spiro atoms. The van der Waals surface area contributed by atoms with Gasteiger partial charge in [0.1, 0.15) is 0 Å². The third-order valence-electron chi connectivity index (χ3n) is 4.84. The molecule has 0 aliphatic heterocycles. The van der Waals surface area contributed by atoms with E-state index in [2.05, 4.69) is 85.6 Å². The largest absolute Gasteiger partial charge is 0.348 e. The summed E-state index contributed by atoms with van der Waals surface area (Å²) in [6.45, 7) is 2.20. The molecule has 0 bridgehead atoms. The van der Waals surface area contributed by atoms with Crippen LogP contribution in [0.5, 0.6) is 0 Å². The van der Waals surface area contributed by atoms with Crippen LogP contribution < -0.4 is 4.90 Å². The fourth-order valence-electron chi connectivity index (χ4n) is 3.31. The molecule has 0 aromatic heterocycles. The number of hydrogen-bond acceptors (Lipinski definition) is 1. The minimum absolute atomic E-state index is 1.12. The normalized spacial score (nSPS) is 14.7. The smallest absolute Gasteiger partial charge is 0.0412 e. The molecule has 3 aromatic carbocycles. The van der Waals surface area contributed by atoms with Crippen molar-refractivity contribution in [3.8, 4) is 0 Å². The maximum Gasteiger partial charge on any atom is 0.0412 e. The van der Waals surface area contributed by atoms with E-state index < -0.39 is 0 Å². The van der Waals surface area contributed by atoms with Crippen LogP contribution in [-0.2, 0) is 0 Å². The van der Waals surface area contributed by atoms with Crippen molar-refractivity contribution >= 4 is 27.2 Å². The minimum atomic E-state index is 1.12. The van der Waals surface area contributed by atoms with Gasteiger partial charge in [0, 0.05) is 18.4 Å². The Bertz CT molecular complexity index is 947. The molecule has 0 fully saturated rings. The van der Waals surface area contributed by atoms with Crippen molar-refractivity contribution in [2.75, 3.05) is 11.9 Å². The summed E-state index contributed by atoms with van der Waals surface area (Å²) >= 11 is 0. The third kappa shape index (κ3) is 2.63. The maximum atomic E-state index is 2.32. The van der Waals surface area contributed by atoms with Gasteiger partial charge in [-0.05, 0) is 71.7 Å². The molecule has 0 saturated carbocycles. The second kappa shape index (κ2) is 5.58.